The van der Waals surface area contributed by atoms with Crippen molar-refractivity contribution in [1.29, 1.82) is 0 Å². The van der Waals surface area contributed by atoms with Crippen LogP contribution in [0.4, 0.5) is 5.69 Å². The summed E-state index contributed by atoms with van der Waals surface area (Å²) in [5.74, 6) is -0.667. The number of carbonyl (C=O) groups excluding carboxylic acids is 2. The van der Waals surface area contributed by atoms with Gasteiger partial charge in [0.25, 0.3) is 10.0 Å². The van der Waals surface area contributed by atoms with Crippen LogP contribution in [-0.2, 0) is 39.0 Å². The zero-order valence-electron chi connectivity index (χ0n) is 27.6. The Morgan fingerprint density at radius 1 is 0.809 bits per heavy atom. The van der Waals surface area contributed by atoms with E-state index in [-0.39, 0.29) is 23.4 Å². The van der Waals surface area contributed by atoms with Gasteiger partial charge < -0.3 is 10.2 Å². The molecular formula is C39H45N3O4S. The highest BCUT2D eigenvalue weighted by Gasteiger charge is 2.36. The molecule has 0 spiro atoms. The zero-order chi connectivity index (χ0) is 33.4. The zero-order valence-corrected chi connectivity index (χ0v) is 28.4. The normalized spacial score (nSPS) is 14.0. The van der Waals surface area contributed by atoms with Crippen LogP contribution in [0.1, 0.15) is 60.4 Å². The third-order valence-electron chi connectivity index (χ3n) is 8.94. The molecule has 1 N–H and O–H groups in total. The van der Waals surface area contributed by atoms with Gasteiger partial charge in [0.05, 0.1) is 10.6 Å². The molecule has 0 bridgehead atoms. The Morgan fingerprint density at radius 3 is 2.15 bits per heavy atom. The van der Waals surface area contributed by atoms with Crippen LogP contribution in [0.25, 0.3) is 0 Å². The van der Waals surface area contributed by atoms with Gasteiger partial charge >= 0.3 is 0 Å². The van der Waals surface area contributed by atoms with Crippen LogP contribution >= 0.6 is 0 Å². The molecule has 0 radical (unpaired) electrons. The molecule has 47 heavy (non-hydrogen) atoms. The van der Waals surface area contributed by atoms with Crippen molar-refractivity contribution in [2.45, 2.75) is 82.8 Å². The Balaban J connectivity index is 1.59. The predicted molar refractivity (Wildman–Crippen MR) is 188 cm³/mol. The molecule has 0 heterocycles. The summed E-state index contributed by atoms with van der Waals surface area (Å²) in [4.78, 5) is 30.6. The quantitative estimate of drug-likeness (QED) is 0.173. The van der Waals surface area contributed by atoms with Gasteiger partial charge in [-0.1, -0.05) is 116 Å². The summed E-state index contributed by atoms with van der Waals surface area (Å²) in [6.45, 7) is 5.55. The molecule has 1 saturated carbocycles. The van der Waals surface area contributed by atoms with E-state index in [4.69, 9.17) is 0 Å². The molecular weight excluding hydrogens is 607 g/mol. The standard InChI is InChI=1S/C39H45N3O4S/c1-4-33-17-8-11-20-36(33)42(47(45,46)35-23-21-29(2)22-24-35)28-38(43)41(27-32-16-12-13-30(3)25-32)37(26-31-14-6-5-7-15-31)39(44)40-34-18-9-10-19-34/h5-8,11-17,20-25,34,37H,4,9-10,18-19,26-28H2,1-3H3,(H,40,44)/t37-/m0/s1. The Kier molecular flexibility index (Phi) is 11.1. The van der Waals surface area contributed by atoms with Crippen LogP contribution in [0, 0.1) is 13.8 Å². The lowest BCUT2D eigenvalue weighted by molar-refractivity contribution is -0.140. The van der Waals surface area contributed by atoms with E-state index >= 15 is 0 Å². The number of anilines is 1. The molecule has 7 nitrogen and oxygen atoms in total. The van der Waals surface area contributed by atoms with Crippen molar-refractivity contribution in [1.82, 2.24) is 10.2 Å². The van der Waals surface area contributed by atoms with E-state index in [2.05, 4.69) is 5.32 Å². The number of hydrogen-bond acceptors (Lipinski definition) is 4. The first-order chi connectivity index (χ1) is 22.7. The number of para-hydroxylation sites is 1. The summed E-state index contributed by atoms with van der Waals surface area (Å²) in [5, 5.41) is 3.23. The van der Waals surface area contributed by atoms with Crippen LogP contribution in [-0.4, -0.2) is 43.8 Å². The monoisotopic (exact) mass is 651 g/mol. The first-order valence-electron chi connectivity index (χ1n) is 16.5. The van der Waals surface area contributed by atoms with Gasteiger partial charge in [-0.25, -0.2) is 8.42 Å². The Labute approximate surface area is 279 Å². The van der Waals surface area contributed by atoms with Gasteiger partial charge in [0, 0.05) is 19.0 Å². The topological polar surface area (TPSA) is 86.8 Å². The van der Waals surface area contributed by atoms with Crippen LogP contribution in [0.5, 0.6) is 0 Å². The number of sulfonamides is 1. The highest BCUT2D eigenvalue weighted by Crippen LogP contribution is 2.29. The predicted octanol–water partition coefficient (Wildman–Crippen LogP) is 6.76. The summed E-state index contributed by atoms with van der Waals surface area (Å²) >= 11 is 0. The van der Waals surface area contributed by atoms with Crippen molar-refractivity contribution in [3.05, 3.63) is 131 Å². The lowest BCUT2D eigenvalue weighted by atomic mass is 10.0. The number of rotatable bonds is 13. The van der Waals surface area contributed by atoms with Crippen LogP contribution < -0.4 is 9.62 Å². The minimum absolute atomic E-state index is 0.0616. The van der Waals surface area contributed by atoms with Gasteiger partial charge in [0.2, 0.25) is 11.8 Å². The van der Waals surface area contributed by atoms with E-state index in [9.17, 15) is 18.0 Å². The van der Waals surface area contributed by atoms with E-state index in [1.165, 1.54) is 4.31 Å². The van der Waals surface area contributed by atoms with Crippen molar-refractivity contribution in [3.8, 4) is 0 Å². The minimum Gasteiger partial charge on any atom is -0.352 e. The number of aryl methyl sites for hydroxylation is 3. The summed E-state index contributed by atoms with van der Waals surface area (Å²) in [6.07, 6.45) is 4.81. The maximum absolute atomic E-state index is 14.8. The maximum Gasteiger partial charge on any atom is 0.264 e. The maximum atomic E-state index is 14.8. The average molecular weight is 652 g/mol. The van der Waals surface area contributed by atoms with Crippen molar-refractivity contribution in [2.24, 2.45) is 0 Å². The smallest absolute Gasteiger partial charge is 0.264 e. The van der Waals surface area contributed by atoms with Crippen molar-refractivity contribution in [2.75, 3.05) is 10.8 Å². The summed E-state index contributed by atoms with van der Waals surface area (Å²) in [6, 6.07) is 30.7. The van der Waals surface area contributed by atoms with Crippen molar-refractivity contribution < 1.29 is 18.0 Å². The van der Waals surface area contributed by atoms with Crippen LogP contribution in [0.2, 0.25) is 0 Å². The summed E-state index contributed by atoms with van der Waals surface area (Å²) in [7, 11) is -4.15. The van der Waals surface area contributed by atoms with Gasteiger partial charge in [-0.05, 0) is 68.0 Å². The molecule has 5 rings (SSSR count). The van der Waals surface area contributed by atoms with E-state index in [0.29, 0.717) is 18.5 Å². The average Bonchev–Trinajstić information content (AvgIpc) is 3.59. The van der Waals surface area contributed by atoms with Gasteiger partial charge in [-0.15, -0.1) is 0 Å². The molecule has 246 valence electrons. The molecule has 1 atom stereocenters. The Hall–Kier alpha value is -4.43. The Morgan fingerprint density at radius 2 is 1.47 bits per heavy atom. The highest BCUT2D eigenvalue weighted by molar-refractivity contribution is 7.92. The number of carbonyl (C=O) groups is 2. The van der Waals surface area contributed by atoms with E-state index < -0.39 is 28.5 Å². The highest BCUT2D eigenvalue weighted by atomic mass is 32.2. The molecule has 0 aromatic heterocycles. The number of hydrogen-bond donors (Lipinski definition) is 1. The first-order valence-corrected chi connectivity index (χ1v) is 18.0. The molecule has 0 unspecified atom stereocenters. The molecule has 0 saturated heterocycles. The van der Waals surface area contributed by atoms with Crippen molar-refractivity contribution in [3.63, 3.8) is 0 Å². The lowest BCUT2D eigenvalue weighted by Crippen LogP contribution is -2.54. The van der Waals surface area contributed by atoms with Crippen molar-refractivity contribution >= 4 is 27.5 Å². The summed E-state index contributed by atoms with van der Waals surface area (Å²) in [5.41, 5.74) is 5.01. The van der Waals surface area contributed by atoms with Gasteiger partial charge in [0.15, 0.2) is 0 Å². The van der Waals surface area contributed by atoms with Gasteiger partial charge in [-0.2, -0.15) is 0 Å². The molecule has 0 aliphatic heterocycles. The second-order valence-corrected chi connectivity index (χ2v) is 14.4. The molecule has 4 aromatic carbocycles. The van der Waals surface area contributed by atoms with E-state index in [1.54, 1.807) is 41.3 Å². The Bertz CT molecular complexity index is 1770. The van der Waals surface area contributed by atoms with E-state index in [1.807, 2.05) is 87.5 Å². The number of nitrogens with one attached hydrogen (secondary N) is 1. The molecule has 1 fully saturated rings. The molecule has 4 aromatic rings. The van der Waals surface area contributed by atoms with Crippen LogP contribution in [0.15, 0.2) is 108 Å². The van der Waals surface area contributed by atoms with E-state index in [0.717, 1.165) is 53.5 Å². The molecule has 2 amide bonds. The largest absolute Gasteiger partial charge is 0.352 e. The fraction of sp³-hybridized carbons (Fsp3) is 0.333. The lowest BCUT2D eigenvalue weighted by Gasteiger charge is -2.35. The third kappa shape index (κ3) is 8.49. The molecule has 8 heteroatoms. The SMILES string of the molecule is CCc1ccccc1N(CC(=O)N(Cc1cccc(C)c1)[C@@H](Cc1ccccc1)C(=O)NC1CCCC1)S(=O)(=O)c1ccc(C)cc1. The number of benzene rings is 4. The minimum atomic E-state index is -4.15. The number of nitrogens with zero attached hydrogens (tertiary/aromatic N) is 2. The number of amides is 2. The van der Waals surface area contributed by atoms with Gasteiger partial charge in [0.1, 0.15) is 12.6 Å². The molecule has 1 aliphatic carbocycles. The van der Waals surface area contributed by atoms with Crippen LogP contribution in [0.3, 0.4) is 0 Å². The second kappa shape index (κ2) is 15.4. The second-order valence-electron chi connectivity index (χ2n) is 12.5. The van der Waals surface area contributed by atoms with Gasteiger partial charge in [-0.3, -0.25) is 13.9 Å². The first kappa shape index (κ1) is 33.9. The summed E-state index contributed by atoms with van der Waals surface area (Å²) < 4.78 is 30.0. The molecule has 1 aliphatic rings. The third-order valence-corrected chi connectivity index (χ3v) is 10.7. The fourth-order valence-electron chi connectivity index (χ4n) is 6.33. The fourth-order valence-corrected chi connectivity index (χ4v) is 7.78.